The molecule has 2 aromatic heterocycles. The average Bonchev–Trinajstić information content (AvgIpc) is 3.14. The summed E-state index contributed by atoms with van der Waals surface area (Å²) in [5, 5.41) is 7.70. The Morgan fingerprint density at radius 3 is 2.61 bits per heavy atom. The minimum Gasteiger partial charge on any atom is -0.458 e. The van der Waals surface area contributed by atoms with Crippen LogP contribution in [0.1, 0.15) is 29.4 Å². The fraction of sp³-hybridized carbons (Fsp3) is 0.185. The molecule has 0 atom stereocenters. The van der Waals surface area contributed by atoms with Crippen molar-refractivity contribution in [3.8, 4) is 5.69 Å². The molecule has 184 valence electrons. The predicted octanol–water partition coefficient (Wildman–Crippen LogP) is 4.92. The first-order chi connectivity index (χ1) is 17.4. The SMILES string of the molecule is CCOC(=O)Nc1ccc2c(COC(=O)/C=C/c3c(C)nn(-c4ccccc4)c3C)cc(=O)oc2c1. The van der Waals surface area contributed by atoms with Gasteiger partial charge in [-0.2, -0.15) is 5.10 Å². The van der Waals surface area contributed by atoms with Crippen molar-refractivity contribution in [2.24, 2.45) is 0 Å². The Bertz CT molecular complexity index is 1500. The summed E-state index contributed by atoms with van der Waals surface area (Å²) in [6.07, 6.45) is 2.39. The van der Waals surface area contributed by atoms with Crippen molar-refractivity contribution in [2.75, 3.05) is 11.9 Å². The number of rotatable bonds is 7. The molecule has 1 amide bonds. The van der Waals surface area contributed by atoms with Crippen molar-refractivity contribution in [2.45, 2.75) is 27.4 Å². The van der Waals surface area contributed by atoms with Gasteiger partial charge >= 0.3 is 17.7 Å². The van der Waals surface area contributed by atoms with Crippen LogP contribution in [0.25, 0.3) is 22.7 Å². The number of nitrogens with one attached hydrogen (secondary N) is 1. The van der Waals surface area contributed by atoms with E-state index in [1.807, 2.05) is 48.9 Å². The molecule has 0 bridgehead atoms. The van der Waals surface area contributed by atoms with E-state index < -0.39 is 17.7 Å². The molecule has 0 unspecified atom stereocenters. The number of para-hydroxylation sites is 1. The molecule has 0 saturated carbocycles. The smallest absolute Gasteiger partial charge is 0.411 e. The Morgan fingerprint density at radius 1 is 1.08 bits per heavy atom. The first-order valence-electron chi connectivity index (χ1n) is 11.3. The van der Waals surface area contributed by atoms with Crippen LogP contribution in [0.2, 0.25) is 0 Å². The first kappa shape index (κ1) is 24.5. The summed E-state index contributed by atoms with van der Waals surface area (Å²) in [7, 11) is 0. The Hall–Kier alpha value is -4.66. The van der Waals surface area contributed by atoms with Crippen molar-refractivity contribution in [1.82, 2.24) is 9.78 Å². The van der Waals surface area contributed by atoms with Crippen molar-refractivity contribution in [3.05, 3.63) is 93.6 Å². The van der Waals surface area contributed by atoms with Gasteiger partial charge in [-0.15, -0.1) is 0 Å². The van der Waals surface area contributed by atoms with Gasteiger partial charge in [0.05, 0.1) is 18.0 Å². The normalized spacial score (nSPS) is 11.1. The number of aromatic nitrogens is 2. The molecule has 0 aliphatic carbocycles. The molecule has 0 saturated heterocycles. The molecular weight excluding hydrogens is 462 g/mol. The van der Waals surface area contributed by atoms with E-state index in [0.29, 0.717) is 16.6 Å². The van der Waals surface area contributed by atoms with Gasteiger partial charge in [-0.1, -0.05) is 18.2 Å². The second kappa shape index (κ2) is 10.7. The number of fused-ring (bicyclic) bond motifs is 1. The Kier molecular flexibility index (Phi) is 7.29. The second-order valence-electron chi connectivity index (χ2n) is 7.92. The van der Waals surface area contributed by atoms with Crippen LogP contribution in [0.3, 0.4) is 0 Å². The van der Waals surface area contributed by atoms with E-state index in [9.17, 15) is 14.4 Å². The number of amides is 1. The molecule has 2 heterocycles. The maximum absolute atomic E-state index is 12.4. The molecular formula is C27H25N3O6. The van der Waals surface area contributed by atoms with Gasteiger partial charge in [-0.05, 0) is 51.1 Å². The van der Waals surface area contributed by atoms with Crippen molar-refractivity contribution >= 4 is 34.8 Å². The van der Waals surface area contributed by atoms with E-state index >= 15 is 0 Å². The monoisotopic (exact) mass is 487 g/mol. The van der Waals surface area contributed by atoms with Crippen LogP contribution in [0.5, 0.6) is 0 Å². The van der Waals surface area contributed by atoms with Crippen molar-refractivity contribution < 1.29 is 23.5 Å². The molecule has 36 heavy (non-hydrogen) atoms. The third-order valence-electron chi connectivity index (χ3n) is 5.46. The quantitative estimate of drug-likeness (QED) is 0.224. The number of anilines is 1. The minimum atomic E-state index is -0.615. The predicted molar refractivity (Wildman–Crippen MR) is 135 cm³/mol. The summed E-state index contributed by atoms with van der Waals surface area (Å²) in [4.78, 5) is 36.1. The summed E-state index contributed by atoms with van der Waals surface area (Å²) in [5.41, 5.74) is 3.95. The van der Waals surface area contributed by atoms with Crippen LogP contribution in [-0.4, -0.2) is 28.4 Å². The lowest BCUT2D eigenvalue weighted by molar-refractivity contribution is -0.138. The highest BCUT2D eigenvalue weighted by atomic mass is 16.5. The number of carbonyl (C=O) groups excluding carboxylic acids is 2. The van der Waals surface area contributed by atoms with Crippen molar-refractivity contribution in [3.63, 3.8) is 0 Å². The summed E-state index contributed by atoms with van der Waals surface area (Å²) in [6, 6.07) is 15.8. The summed E-state index contributed by atoms with van der Waals surface area (Å²) < 4.78 is 17.3. The molecule has 0 spiro atoms. The highest BCUT2D eigenvalue weighted by Crippen LogP contribution is 2.23. The lowest BCUT2D eigenvalue weighted by Crippen LogP contribution is -2.13. The van der Waals surface area contributed by atoms with Crippen molar-refractivity contribution in [1.29, 1.82) is 0 Å². The number of nitrogens with zero attached hydrogens (tertiary/aromatic N) is 2. The van der Waals surface area contributed by atoms with Gasteiger partial charge in [0.2, 0.25) is 0 Å². The molecule has 0 aliphatic heterocycles. The van der Waals surface area contributed by atoms with Gasteiger partial charge in [0.15, 0.2) is 0 Å². The van der Waals surface area contributed by atoms with E-state index in [-0.39, 0.29) is 18.8 Å². The lowest BCUT2D eigenvalue weighted by atomic mass is 10.1. The Balaban J connectivity index is 1.48. The topological polar surface area (TPSA) is 113 Å². The van der Waals surface area contributed by atoms with E-state index in [1.54, 1.807) is 25.1 Å². The molecule has 1 N–H and O–H groups in total. The van der Waals surface area contributed by atoms with Gasteiger partial charge in [0, 0.05) is 46.1 Å². The second-order valence-corrected chi connectivity index (χ2v) is 7.92. The van der Waals surface area contributed by atoms with Gasteiger partial charge in [-0.3, -0.25) is 5.32 Å². The van der Waals surface area contributed by atoms with Gasteiger partial charge < -0.3 is 13.9 Å². The molecule has 9 heteroatoms. The van der Waals surface area contributed by atoms with Crippen LogP contribution in [0.4, 0.5) is 10.5 Å². The highest BCUT2D eigenvalue weighted by Gasteiger charge is 2.13. The maximum Gasteiger partial charge on any atom is 0.411 e. The molecule has 4 aromatic rings. The zero-order valence-electron chi connectivity index (χ0n) is 20.1. The zero-order valence-corrected chi connectivity index (χ0v) is 20.1. The number of aryl methyl sites for hydroxylation is 1. The van der Waals surface area contributed by atoms with Crippen LogP contribution in [0, 0.1) is 13.8 Å². The number of hydrogen-bond donors (Lipinski definition) is 1. The molecule has 2 aromatic carbocycles. The molecule has 0 radical (unpaired) electrons. The van der Waals surface area contributed by atoms with E-state index in [4.69, 9.17) is 13.9 Å². The minimum absolute atomic E-state index is 0.128. The number of carbonyl (C=O) groups is 2. The third-order valence-corrected chi connectivity index (χ3v) is 5.46. The lowest BCUT2D eigenvalue weighted by Gasteiger charge is -2.08. The van der Waals surface area contributed by atoms with Gasteiger partial charge in [0.25, 0.3) is 0 Å². The van der Waals surface area contributed by atoms with E-state index in [1.165, 1.54) is 18.2 Å². The number of benzene rings is 2. The molecule has 9 nitrogen and oxygen atoms in total. The van der Waals surface area contributed by atoms with E-state index in [0.717, 1.165) is 22.6 Å². The Morgan fingerprint density at radius 2 is 1.86 bits per heavy atom. The van der Waals surface area contributed by atoms with Crippen LogP contribution in [0.15, 0.2) is 69.9 Å². The van der Waals surface area contributed by atoms with E-state index in [2.05, 4.69) is 10.4 Å². The highest BCUT2D eigenvalue weighted by molar-refractivity contribution is 5.90. The number of ether oxygens (including phenoxy) is 2. The van der Waals surface area contributed by atoms with Gasteiger partial charge in [-0.25, -0.2) is 19.1 Å². The third kappa shape index (κ3) is 5.52. The number of hydrogen-bond acceptors (Lipinski definition) is 7. The van der Waals surface area contributed by atoms with Gasteiger partial charge in [0.1, 0.15) is 12.2 Å². The number of esters is 1. The molecule has 4 rings (SSSR count). The fourth-order valence-corrected chi connectivity index (χ4v) is 3.78. The zero-order chi connectivity index (χ0) is 25.7. The summed E-state index contributed by atoms with van der Waals surface area (Å²) in [6.45, 7) is 5.60. The average molecular weight is 488 g/mol. The van der Waals surface area contributed by atoms with Crippen LogP contribution in [-0.2, 0) is 20.9 Å². The largest absolute Gasteiger partial charge is 0.458 e. The maximum atomic E-state index is 12.4. The first-order valence-corrected chi connectivity index (χ1v) is 11.3. The summed E-state index contributed by atoms with van der Waals surface area (Å²) in [5.74, 6) is -0.566. The van der Waals surface area contributed by atoms with Crippen LogP contribution >= 0.6 is 0 Å². The van der Waals surface area contributed by atoms with Crippen LogP contribution < -0.4 is 10.9 Å². The molecule has 0 aliphatic rings. The Labute approximate surface area is 206 Å². The summed E-state index contributed by atoms with van der Waals surface area (Å²) >= 11 is 0. The fourth-order valence-electron chi connectivity index (χ4n) is 3.78. The standard InChI is InChI=1S/C27H25N3O6/c1-4-34-27(33)28-20-10-11-23-19(14-26(32)36-24(23)15-20)16-35-25(31)13-12-22-17(2)29-30(18(22)3)21-8-6-5-7-9-21/h5-15H,4,16H2,1-3H3,(H,28,33)/b13-12+. The molecule has 0 fully saturated rings.